The molecule has 1 saturated heterocycles. The number of ether oxygens (including phenoxy) is 1. The first kappa shape index (κ1) is 16.3. The van der Waals surface area contributed by atoms with Crippen LogP contribution in [0.3, 0.4) is 0 Å². The van der Waals surface area contributed by atoms with Gasteiger partial charge < -0.3 is 9.84 Å². The van der Waals surface area contributed by atoms with Crippen LogP contribution in [-0.4, -0.2) is 45.3 Å². The first-order valence-corrected chi connectivity index (χ1v) is 7.83. The minimum absolute atomic E-state index is 0.127. The van der Waals surface area contributed by atoms with Gasteiger partial charge in [-0.25, -0.2) is 0 Å². The van der Waals surface area contributed by atoms with Crippen molar-refractivity contribution in [3.05, 3.63) is 45.8 Å². The lowest BCUT2D eigenvalue weighted by atomic mass is 9.92. The van der Waals surface area contributed by atoms with Crippen molar-refractivity contribution in [3.63, 3.8) is 0 Å². The first-order chi connectivity index (χ1) is 11.6. The van der Waals surface area contributed by atoms with Crippen LogP contribution < -0.4 is 4.74 Å². The third-order valence-corrected chi connectivity index (χ3v) is 4.43. The summed E-state index contributed by atoms with van der Waals surface area (Å²) < 4.78 is 5.06. The second-order valence-electron chi connectivity index (χ2n) is 6.03. The number of H-pyrrole nitrogens is 1. The molecule has 1 aliphatic heterocycles. The number of aromatic nitrogens is 2. The number of rotatable bonds is 5. The first-order valence-electron chi connectivity index (χ1n) is 7.83. The molecule has 8 nitrogen and oxygen atoms in total. The Balaban J connectivity index is 1.78. The topological polar surface area (TPSA) is 105 Å². The number of hydrogen-bond donors (Lipinski definition) is 2. The number of phenolic OH excluding ortho intramolecular Hbond substituents is 1. The summed E-state index contributed by atoms with van der Waals surface area (Å²) in [6.45, 7) is 2.38. The summed E-state index contributed by atoms with van der Waals surface area (Å²) in [5.74, 6) is 0.107. The van der Waals surface area contributed by atoms with Gasteiger partial charge in [-0.3, -0.25) is 20.1 Å². The molecule has 0 radical (unpaired) electrons. The van der Waals surface area contributed by atoms with Gasteiger partial charge in [0.1, 0.15) is 0 Å². The fourth-order valence-electron chi connectivity index (χ4n) is 3.25. The molecule has 1 aromatic carbocycles. The van der Waals surface area contributed by atoms with E-state index in [1.807, 2.05) is 12.4 Å². The lowest BCUT2D eigenvalue weighted by Crippen LogP contribution is -2.33. The van der Waals surface area contributed by atoms with Crippen LogP contribution in [0.2, 0.25) is 0 Å². The molecule has 0 bridgehead atoms. The van der Waals surface area contributed by atoms with E-state index < -0.39 is 10.7 Å². The number of likely N-dealkylation sites (tertiary alicyclic amines) is 1. The number of aromatic amines is 1. The van der Waals surface area contributed by atoms with Crippen molar-refractivity contribution in [3.8, 4) is 11.5 Å². The molecule has 2 N–H and O–H groups in total. The molecular formula is C16H20N4O4. The van der Waals surface area contributed by atoms with E-state index in [1.165, 1.54) is 18.7 Å². The molecule has 1 atom stereocenters. The van der Waals surface area contributed by atoms with Gasteiger partial charge in [0.25, 0.3) is 0 Å². The zero-order valence-corrected chi connectivity index (χ0v) is 13.4. The van der Waals surface area contributed by atoms with Gasteiger partial charge in [-0.05, 0) is 42.5 Å². The molecular weight excluding hydrogens is 312 g/mol. The number of nitrogens with zero attached hydrogens (tertiary/aromatic N) is 3. The maximum atomic E-state index is 11.1. The Labute approximate surface area is 139 Å². The van der Waals surface area contributed by atoms with Crippen molar-refractivity contribution in [1.29, 1.82) is 0 Å². The number of aromatic hydroxyl groups is 1. The van der Waals surface area contributed by atoms with Crippen molar-refractivity contribution < 1.29 is 14.8 Å². The average molecular weight is 332 g/mol. The van der Waals surface area contributed by atoms with Gasteiger partial charge in [0.05, 0.1) is 18.2 Å². The maximum Gasteiger partial charge on any atom is 0.314 e. The number of methoxy groups -OCH3 is 1. The summed E-state index contributed by atoms with van der Waals surface area (Å²) in [5.41, 5.74) is 1.62. The Morgan fingerprint density at radius 1 is 1.54 bits per heavy atom. The third kappa shape index (κ3) is 3.33. The fraction of sp³-hybridized carbons (Fsp3) is 0.438. The SMILES string of the molecule is COc1cc(CN2CCC[C@H](c3cn[nH]c3)C2)cc([N+](=O)[O-])c1O. The lowest BCUT2D eigenvalue weighted by molar-refractivity contribution is -0.386. The van der Waals surface area contributed by atoms with E-state index in [0.29, 0.717) is 12.5 Å². The monoisotopic (exact) mass is 332 g/mol. The largest absolute Gasteiger partial charge is 0.500 e. The second-order valence-corrected chi connectivity index (χ2v) is 6.03. The Morgan fingerprint density at radius 2 is 2.38 bits per heavy atom. The molecule has 0 saturated carbocycles. The van der Waals surface area contributed by atoms with Crippen molar-refractivity contribution in [2.45, 2.75) is 25.3 Å². The van der Waals surface area contributed by atoms with Crippen LogP contribution in [0.25, 0.3) is 0 Å². The van der Waals surface area contributed by atoms with Crippen LogP contribution in [0, 0.1) is 10.1 Å². The van der Waals surface area contributed by atoms with Gasteiger partial charge >= 0.3 is 5.69 Å². The molecule has 128 valence electrons. The van der Waals surface area contributed by atoms with Gasteiger partial charge in [0, 0.05) is 25.4 Å². The number of hydrogen-bond acceptors (Lipinski definition) is 6. The fourth-order valence-corrected chi connectivity index (χ4v) is 3.25. The van der Waals surface area contributed by atoms with Crippen molar-refractivity contribution in [2.24, 2.45) is 0 Å². The van der Waals surface area contributed by atoms with E-state index in [-0.39, 0.29) is 11.4 Å². The predicted octanol–water partition coefficient (Wildman–Crippen LogP) is 2.41. The molecule has 0 aliphatic carbocycles. The molecule has 3 rings (SSSR count). The Hall–Kier alpha value is -2.61. The summed E-state index contributed by atoms with van der Waals surface area (Å²) >= 11 is 0. The van der Waals surface area contributed by atoms with E-state index in [0.717, 1.165) is 31.5 Å². The van der Waals surface area contributed by atoms with Crippen LogP contribution in [0.5, 0.6) is 11.5 Å². The molecule has 2 aromatic rings. The second kappa shape index (κ2) is 6.88. The van der Waals surface area contributed by atoms with E-state index in [9.17, 15) is 15.2 Å². The van der Waals surface area contributed by atoms with E-state index in [4.69, 9.17) is 4.74 Å². The van der Waals surface area contributed by atoms with Gasteiger partial charge in [0.2, 0.25) is 5.75 Å². The summed E-state index contributed by atoms with van der Waals surface area (Å²) in [6.07, 6.45) is 5.94. The Kier molecular flexibility index (Phi) is 4.66. The quantitative estimate of drug-likeness (QED) is 0.643. The number of nitrogens with one attached hydrogen (secondary N) is 1. The van der Waals surface area contributed by atoms with Gasteiger partial charge in [0.15, 0.2) is 5.75 Å². The van der Waals surface area contributed by atoms with E-state index in [2.05, 4.69) is 15.1 Å². The summed E-state index contributed by atoms with van der Waals surface area (Å²) in [4.78, 5) is 12.8. The van der Waals surface area contributed by atoms with E-state index in [1.54, 1.807) is 6.07 Å². The van der Waals surface area contributed by atoms with Crippen molar-refractivity contribution in [2.75, 3.05) is 20.2 Å². The van der Waals surface area contributed by atoms with Crippen molar-refractivity contribution in [1.82, 2.24) is 15.1 Å². The highest BCUT2D eigenvalue weighted by atomic mass is 16.6. The number of nitro benzene ring substituents is 1. The standard InChI is InChI=1S/C16H20N4O4/c1-24-15-6-11(5-14(16(15)21)20(22)23)9-19-4-2-3-12(10-19)13-7-17-18-8-13/h5-8,12,21H,2-4,9-10H2,1H3,(H,17,18)/t12-/m0/s1. The molecule has 8 heteroatoms. The highest BCUT2D eigenvalue weighted by molar-refractivity contribution is 5.57. The number of piperidine rings is 1. The number of nitro groups is 1. The molecule has 1 aromatic heterocycles. The zero-order chi connectivity index (χ0) is 17.1. The molecule has 0 amide bonds. The molecule has 0 spiro atoms. The number of benzene rings is 1. The molecule has 2 heterocycles. The Morgan fingerprint density at radius 3 is 3.04 bits per heavy atom. The normalized spacial score (nSPS) is 18.5. The lowest BCUT2D eigenvalue weighted by Gasteiger charge is -2.32. The van der Waals surface area contributed by atoms with Crippen LogP contribution in [-0.2, 0) is 6.54 Å². The van der Waals surface area contributed by atoms with Crippen LogP contribution >= 0.6 is 0 Å². The van der Waals surface area contributed by atoms with Gasteiger partial charge in [-0.1, -0.05) is 0 Å². The summed E-state index contributed by atoms with van der Waals surface area (Å²) in [7, 11) is 1.39. The van der Waals surface area contributed by atoms with E-state index >= 15 is 0 Å². The molecule has 0 unspecified atom stereocenters. The van der Waals surface area contributed by atoms with Gasteiger partial charge in [-0.15, -0.1) is 0 Å². The Bertz CT molecular complexity index is 717. The van der Waals surface area contributed by atoms with Crippen LogP contribution in [0.4, 0.5) is 5.69 Å². The average Bonchev–Trinajstić information content (AvgIpc) is 3.11. The molecule has 1 aliphatic rings. The number of phenols is 1. The summed E-state index contributed by atoms with van der Waals surface area (Å²) in [6, 6.07) is 3.07. The highest BCUT2D eigenvalue weighted by Gasteiger charge is 2.24. The predicted molar refractivity (Wildman–Crippen MR) is 87.2 cm³/mol. The van der Waals surface area contributed by atoms with Crippen molar-refractivity contribution >= 4 is 5.69 Å². The highest BCUT2D eigenvalue weighted by Crippen LogP contribution is 2.37. The minimum Gasteiger partial charge on any atom is -0.500 e. The minimum atomic E-state index is -0.591. The van der Waals surface area contributed by atoms with Crippen LogP contribution in [0.15, 0.2) is 24.5 Å². The smallest absolute Gasteiger partial charge is 0.314 e. The maximum absolute atomic E-state index is 11.1. The van der Waals surface area contributed by atoms with Crippen LogP contribution in [0.1, 0.15) is 29.9 Å². The molecule has 1 fully saturated rings. The summed E-state index contributed by atoms with van der Waals surface area (Å²) in [5, 5.41) is 27.8. The third-order valence-electron chi connectivity index (χ3n) is 4.43. The zero-order valence-electron chi connectivity index (χ0n) is 13.4. The van der Waals surface area contributed by atoms with Gasteiger partial charge in [-0.2, -0.15) is 5.10 Å². The molecule has 24 heavy (non-hydrogen) atoms.